The molecule has 0 atom stereocenters. The van der Waals surface area contributed by atoms with Crippen molar-refractivity contribution in [1.82, 2.24) is 9.88 Å². The minimum absolute atomic E-state index is 0.0638. The average molecular weight is 515 g/mol. The van der Waals surface area contributed by atoms with E-state index in [1.54, 1.807) is 4.90 Å². The first-order chi connectivity index (χ1) is 17.9. The van der Waals surface area contributed by atoms with Gasteiger partial charge in [0, 0.05) is 38.4 Å². The fraction of sp³-hybridized carbons (Fsp3) is 0.233. The Balaban J connectivity index is 1.28. The first-order valence-electron chi connectivity index (χ1n) is 12.3. The standard InChI is InChI=1S/C30H30N2O4S/c1-32(28(34)13-6-5-12-26(33)24-9-3-2-4-10-24)20-22-8-7-11-25(18-22)23-16-14-21(15-17-23)19-27-29(35)31-30(36)37-27/h2-4,7-11,14-18,35H,5-6,12-13,19-20H2,1H3,(H,31,36). The van der Waals surface area contributed by atoms with Crippen molar-refractivity contribution < 1.29 is 14.7 Å². The van der Waals surface area contributed by atoms with Gasteiger partial charge in [-0.25, -0.2) is 0 Å². The molecule has 3 aromatic carbocycles. The van der Waals surface area contributed by atoms with Crippen molar-refractivity contribution in [2.75, 3.05) is 7.05 Å². The van der Waals surface area contributed by atoms with Crippen LogP contribution in [0.15, 0.2) is 83.7 Å². The molecule has 0 fully saturated rings. The molecule has 4 rings (SSSR count). The van der Waals surface area contributed by atoms with Crippen LogP contribution in [0.1, 0.15) is 52.0 Å². The zero-order valence-electron chi connectivity index (χ0n) is 20.8. The number of rotatable bonds is 11. The summed E-state index contributed by atoms with van der Waals surface area (Å²) in [7, 11) is 1.81. The normalized spacial score (nSPS) is 10.8. The van der Waals surface area contributed by atoms with E-state index in [0.717, 1.165) is 39.2 Å². The molecule has 0 unspecified atom stereocenters. The molecule has 1 heterocycles. The fourth-order valence-electron chi connectivity index (χ4n) is 4.20. The van der Waals surface area contributed by atoms with E-state index in [1.807, 2.05) is 79.8 Å². The van der Waals surface area contributed by atoms with Crippen LogP contribution in [0.25, 0.3) is 11.1 Å². The van der Waals surface area contributed by atoms with Crippen molar-refractivity contribution in [2.24, 2.45) is 0 Å². The smallest absolute Gasteiger partial charge is 0.307 e. The molecule has 0 aliphatic rings. The molecular weight excluding hydrogens is 484 g/mol. The highest BCUT2D eigenvalue weighted by Gasteiger charge is 2.12. The lowest BCUT2D eigenvalue weighted by Gasteiger charge is -2.18. The zero-order chi connectivity index (χ0) is 26.2. The number of Topliss-reactive ketones (excluding diaryl/α,β-unsaturated/α-hetero) is 1. The van der Waals surface area contributed by atoms with Crippen LogP contribution in [0.5, 0.6) is 5.88 Å². The highest BCUT2D eigenvalue weighted by atomic mass is 32.1. The summed E-state index contributed by atoms with van der Waals surface area (Å²) < 4.78 is 0. The molecule has 0 aliphatic heterocycles. The summed E-state index contributed by atoms with van der Waals surface area (Å²) in [5, 5.41) is 9.81. The maximum atomic E-state index is 12.6. The Morgan fingerprint density at radius 2 is 1.59 bits per heavy atom. The van der Waals surface area contributed by atoms with E-state index in [4.69, 9.17) is 0 Å². The lowest BCUT2D eigenvalue weighted by Crippen LogP contribution is -2.25. The molecule has 1 amide bonds. The van der Waals surface area contributed by atoms with E-state index >= 15 is 0 Å². The molecular formula is C30H30N2O4S. The van der Waals surface area contributed by atoms with Crippen LogP contribution in [0.4, 0.5) is 0 Å². The van der Waals surface area contributed by atoms with E-state index < -0.39 is 0 Å². The number of aromatic hydroxyl groups is 1. The van der Waals surface area contributed by atoms with Crippen molar-refractivity contribution in [3.8, 4) is 17.0 Å². The molecule has 7 heteroatoms. The second-order valence-corrected chi connectivity index (χ2v) is 10.2. The summed E-state index contributed by atoms with van der Waals surface area (Å²) in [5.74, 6) is 0.120. The summed E-state index contributed by atoms with van der Waals surface area (Å²) >= 11 is 1.02. The van der Waals surface area contributed by atoms with E-state index in [9.17, 15) is 19.5 Å². The molecule has 6 nitrogen and oxygen atoms in total. The van der Waals surface area contributed by atoms with Gasteiger partial charge in [-0.1, -0.05) is 84.1 Å². The van der Waals surface area contributed by atoms with E-state index in [1.165, 1.54) is 0 Å². The number of thiazole rings is 1. The van der Waals surface area contributed by atoms with Crippen molar-refractivity contribution in [3.63, 3.8) is 0 Å². The monoisotopic (exact) mass is 514 g/mol. The molecule has 190 valence electrons. The largest absolute Gasteiger partial charge is 0.494 e. The Morgan fingerprint density at radius 1 is 0.865 bits per heavy atom. The SMILES string of the molecule is CN(Cc1cccc(-c2ccc(Cc3sc(=O)[nH]c3O)cc2)c1)C(=O)CCCCC(=O)c1ccccc1. The second kappa shape index (κ2) is 12.3. The van der Waals surface area contributed by atoms with Crippen LogP contribution in [-0.2, 0) is 17.8 Å². The van der Waals surface area contributed by atoms with Gasteiger partial charge in [-0.3, -0.25) is 19.4 Å². The maximum absolute atomic E-state index is 12.6. The van der Waals surface area contributed by atoms with E-state index in [2.05, 4.69) is 11.1 Å². The number of benzene rings is 3. The fourth-order valence-corrected chi connectivity index (χ4v) is 4.96. The third kappa shape index (κ3) is 7.27. The van der Waals surface area contributed by atoms with Crippen molar-refractivity contribution in [2.45, 2.75) is 38.6 Å². The van der Waals surface area contributed by atoms with Crippen molar-refractivity contribution in [1.29, 1.82) is 0 Å². The van der Waals surface area contributed by atoms with Gasteiger partial charge in [0.25, 0.3) is 0 Å². The summed E-state index contributed by atoms with van der Waals surface area (Å²) in [4.78, 5) is 40.7. The number of carbonyl (C=O) groups excluding carboxylic acids is 2. The van der Waals surface area contributed by atoms with Crippen molar-refractivity contribution in [3.05, 3.63) is 110 Å². The number of unbranched alkanes of at least 4 members (excludes halogenated alkanes) is 1. The number of aromatic nitrogens is 1. The number of H-pyrrole nitrogens is 1. The highest BCUT2D eigenvalue weighted by molar-refractivity contribution is 7.09. The summed E-state index contributed by atoms with van der Waals surface area (Å²) in [5.41, 5.74) is 4.87. The molecule has 0 spiro atoms. The first-order valence-corrected chi connectivity index (χ1v) is 13.1. The average Bonchev–Trinajstić information content (AvgIpc) is 3.23. The molecule has 0 bridgehead atoms. The van der Waals surface area contributed by atoms with Crippen LogP contribution in [0.3, 0.4) is 0 Å². The molecule has 2 N–H and O–H groups in total. The van der Waals surface area contributed by atoms with Gasteiger partial charge in [-0.05, 0) is 41.2 Å². The predicted octanol–water partition coefficient (Wildman–Crippen LogP) is 5.80. The Kier molecular flexibility index (Phi) is 8.69. The van der Waals surface area contributed by atoms with Gasteiger partial charge < -0.3 is 10.0 Å². The molecule has 0 aliphatic carbocycles. The van der Waals surface area contributed by atoms with Crippen LogP contribution in [-0.4, -0.2) is 33.7 Å². The Bertz CT molecular complexity index is 1410. The number of hydrogen-bond acceptors (Lipinski definition) is 5. The summed E-state index contributed by atoms with van der Waals surface area (Å²) in [6.07, 6.45) is 2.75. The minimum atomic E-state index is -0.262. The lowest BCUT2D eigenvalue weighted by molar-refractivity contribution is -0.130. The number of ketones is 1. The predicted molar refractivity (Wildman–Crippen MR) is 147 cm³/mol. The van der Waals surface area contributed by atoms with Gasteiger partial charge in [0.2, 0.25) is 11.8 Å². The van der Waals surface area contributed by atoms with Gasteiger partial charge in [0.1, 0.15) is 0 Å². The van der Waals surface area contributed by atoms with Gasteiger partial charge >= 0.3 is 4.87 Å². The Morgan fingerprint density at radius 3 is 2.30 bits per heavy atom. The molecule has 0 saturated heterocycles. The third-order valence-electron chi connectivity index (χ3n) is 6.27. The molecule has 4 aromatic rings. The number of nitrogens with zero attached hydrogens (tertiary/aromatic N) is 1. The Hall–Kier alpha value is -3.97. The quantitative estimate of drug-likeness (QED) is 0.195. The third-order valence-corrected chi connectivity index (χ3v) is 7.14. The number of hydrogen-bond donors (Lipinski definition) is 2. The van der Waals surface area contributed by atoms with Crippen LogP contribution in [0.2, 0.25) is 0 Å². The number of nitrogens with one attached hydrogen (secondary N) is 1. The Labute approximate surface area is 220 Å². The summed E-state index contributed by atoms with van der Waals surface area (Å²) in [6, 6.07) is 25.4. The van der Waals surface area contributed by atoms with Crippen molar-refractivity contribution >= 4 is 23.0 Å². The van der Waals surface area contributed by atoms with E-state index in [0.29, 0.717) is 43.5 Å². The minimum Gasteiger partial charge on any atom is -0.494 e. The number of carbonyl (C=O) groups is 2. The van der Waals surface area contributed by atoms with Crippen LogP contribution >= 0.6 is 11.3 Å². The first kappa shape index (κ1) is 26.1. The molecule has 0 saturated carbocycles. The molecule has 0 radical (unpaired) electrons. The van der Waals surface area contributed by atoms with Gasteiger partial charge in [-0.15, -0.1) is 0 Å². The molecule has 37 heavy (non-hydrogen) atoms. The van der Waals surface area contributed by atoms with Crippen LogP contribution in [0, 0.1) is 0 Å². The van der Waals surface area contributed by atoms with Gasteiger partial charge in [0.05, 0.1) is 4.88 Å². The lowest BCUT2D eigenvalue weighted by atomic mass is 10.0. The highest BCUT2D eigenvalue weighted by Crippen LogP contribution is 2.25. The van der Waals surface area contributed by atoms with E-state index in [-0.39, 0.29) is 22.4 Å². The molecule has 1 aromatic heterocycles. The van der Waals surface area contributed by atoms with Gasteiger partial charge in [0.15, 0.2) is 5.78 Å². The maximum Gasteiger partial charge on any atom is 0.307 e. The number of aromatic amines is 1. The second-order valence-electron chi connectivity index (χ2n) is 9.11. The van der Waals surface area contributed by atoms with Gasteiger partial charge in [-0.2, -0.15) is 0 Å². The summed E-state index contributed by atoms with van der Waals surface area (Å²) in [6.45, 7) is 0.513. The van der Waals surface area contributed by atoms with Crippen LogP contribution < -0.4 is 4.87 Å². The zero-order valence-corrected chi connectivity index (χ0v) is 21.6. The number of amides is 1. The topological polar surface area (TPSA) is 90.5 Å².